The van der Waals surface area contributed by atoms with Crippen molar-refractivity contribution < 1.29 is 4.79 Å². The van der Waals surface area contributed by atoms with E-state index in [0.29, 0.717) is 0 Å². The summed E-state index contributed by atoms with van der Waals surface area (Å²) in [5.74, 6) is -0.731. The molecule has 5 heteroatoms. The van der Waals surface area contributed by atoms with Gasteiger partial charge in [-0.2, -0.15) is 5.26 Å². The van der Waals surface area contributed by atoms with Gasteiger partial charge in [-0.3, -0.25) is 9.78 Å². The Bertz CT molecular complexity index is 618. The van der Waals surface area contributed by atoms with Crippen molar-refractivity contribution in [1.82, 2.24) is 9.97 Å². The van der Waals surface area contributed by atoms with E-state index in [1.54, 1.807) is 30.7 Å². The Morgan fingerprint density at radius 3 is 3.12 bits per heavy atom. The molecule has 0 bridgehead atoms. The van der Waals surface area contributed by atoms with Crippen LogP contribution in [0.4, 0.5) is 0 Å². The molecule has 0 saturated heterocycles. The highest BCUT2D eigenvalue weighted by atomic mass is 16.1. The van der Waals surface area contributed by atoms with Crippen molar-refractivity contribution in [3.63, 3.8) is 0 Å². The molecule has 0 atom stereocenters. The van der Waals surface area contributed by atoms with Gasteiger partial charge in [-0.05, 0) is 12.1 Å². The molecule has 16 heavy (non-hydrogen) atoms. The fourth-order valence-corrected chi connectivity index (χ4v) is 1.43. The molecule has 2 aromatic heterocycles. The van der Waals surface area contributed by atoms with Crippen molar-refractivity contribution >= 4 is 22.9 Å². The van der Waals surface area contributed by atoms with Crippen molar-refractivity contribution in [2.45, 2.75) is 0 Å². The third-order valence-corrected chi connectivity index (χ3v) is 2.20. The lowest BCUT2D eigenvalue weighted by Gasteiger charge is -1.92. The first-order chi connectivity index (χ1) is 7.72. The van der Waals surface area contributed by atoms with Crippen LogP contribution in [0.25, 0.3) is 17.0 Å². The average Bonchev–Trinajstić information content (AvgIpc) is 2.69. The smallest absolute Gasteiger partial charge is 0.259 e. The maximum atomic E-state index is 10.9. The number of primary amides is 1. The summed E-state index contributed by atoms with van der Waals surface area (Å²) in [5.41, 5.74) is 6.57. The van der Waals surface area contributed by atoms with Crippen molar-refractivity contribution in [2.24, 2.45) is 5.73 Å². The van der Waals surface area contributed by atoms with Gasteiger partial charge >= 0.3 is 0 Å². The van der Waals surface area contributed by atoms with Gasteiger partial charge in [-0.15, -0.1) is 0 Å². The van der Waals surface area contributed by atoms with Crippen molar-refractivity contribution in [3.05, 3.63) is 35.8 Å². The molecular weight excluding hydrogens is 204 g/mol. The van der Waals surface area contributed by atoms with Crippen LogP contribution in [0.1, 0.15) is 5.56 Å². The normalized spacial score (nSPS) is 11.3. The van der Waals surface area contributed by atoms with Crippen LogP contribution in [0, 0.1) is 11.3 Å². The predicted molar refractivity (Wildman–Crippen MR) is 58.9 cm³/mol. The Labute approximate surface area is 91.2 Å². The number of hydrogen-bond donors (Lipinski definition) is 2. The van der Waals surface area contributed by atoms with Crippen LogP contribution in [-0.2, 0) is 4.79 Å². The minimum atomic E-state index is -0.731. The van der Waals surface area contributed by atoms with Crippen LogP contribution < -0.4 is 5.73 Å². The minimum absolute atomic E-state index is 0.0716. The molecule has 5 nitrogen and oxygen atoms in total. The number of nitriles is 1. The highest BCUT2D eigenvalue weighted by Gasteiger charge is 2.06. The SMILES string of the molecule is N#C/C(=C\c1c[nH]c2cnccc12)C(N)=O. The molecule has 0 aliphatic carbocycles. The fraction of sp³-hybridized carbons (Fsp3) is 0. The molecule has 3 N–H and O–H groups in total. The Hall–Kier alpha value is -2.61. The highest BCUT2D eigenvalue weighted by molar-refractivity contribution is 6.02. The molecular formula is C11H8N4O. The number of pyridine rings is 1. The topological polar surface area (TPSA) is 95.6 Å². The molecule has 0 aromatic carbocycles. The number of carbonyl (C=O) groups excluding carboxylic acids is 1. The molecule has 0 spiro atoms. The van der Waals surface area contributed by atoms with Crippen LogP contribution >= 0.6 is 0 Å². The lowest BCUT2D eigenvalue weighted by molar-refractivity contribution is -0.114. The van der Waals surface area contributed by atoms with Gasteiger partial charge in [0.25, 0.3) is 5.91 Å². The first-order valence-corrected chi connectivity index (χ1v) is 4.55. The maximum Gasteiger partial charge on any atom is 0.259 e. The van der Waals surface area contributed by atoms with Gasteiger partial charge in [0, 0.05) is 23.3 Å². The first-order valence-electron chi connectivity index (χ1n) is 4.55. The Morgan fingerprint density at radius 2 is 2.44 bits per heavy atom. The van der Waals surface area contributed by atoms with E-state index in [1.165, 1.54) is 6.08 Å². The quantitative estimate of drug-likeness (QED) is 0.573. The summed E-state index contributed by atoms with van der Waals surface area (Å²) in [6.07, 6.45) is 6.47. The summed E-state index contributed by atoms with van der Waals surface area (Å²) < 4.78 is 0. The first kappa shape index (κ1) is 9.93. The second-order valence-corrected chi connectivity index (χ2v) is 3.20. The van der Waals surface area contributed by atoms with Crippen molar-refractivity contribution in [3.8, 4) is 6.07 Å². The number of nitrogens with one attached hydrogen (secondary N) is 1. The zero-order valence-corrected chi connectivity index (χ0v) is 8.27. The number of carbonyl (C=O) groups is 1. The minimum Gasteiger partial charge on any atom is -0.365 e. The fourth-order valence-electron chi connectivity index (χ4n) is 1.43. The van der Waals surface area contributed by atoms with Crippen LogP contribution in [0.5, 0.6) is 0 Å². The molecule has 0 radical (unpaired) electrons. The van der Waals surface area contributed by atoms with Gasteiger partial charge in [0.1, 0.15) is 11.6 Å². The average molecular weight is 212 g/mol. The van der Waals surface area contributed by atoms with Crippen LogP contribution in [-0.4, -0.2) is 15.9 Å². The van der Waals surface area contributed by atoms with E-state index >= 15 is 0 Å². The summed E-state index contributed by atoms with van der Waals surface area (Å²) in [7, 11) is 0. The molecule has 0 aliphatic rings. The zero-order valence-electron chi connectivity index (χ0n) is 8.27. The molecule has 0 aliphatic heterocycles. The summed E-state index contributed by atoms with van der Waals surface area (Å²) in [6.45, 7) is 0. The van der Waals surface area contributed by atoms with Gasteiger partial charge in [0.15, 0.2) is 0 Å². The number of nitrogens with two attached hydrogens (primary N) is 1. The van der Waals surface area contributed by atoms with Crippen LogP contribution in [0.3, 0.4) is 0 Å². The molecule has 0 unspecified atom stereocenters. The highest BCUT2D eigenvalue weighted by Crippen LogP contribution is 2.19. The summed E-state index contributed by atoms with van der Waals surface area (Å²) in [4.78, 5) is 17.8. The van der Waals surface area contributed by atoms with E-state index in [9.17, 15) is 4.79 Å². The number of nitrogens with zero attached hydrogens (tertiary/aromatic N) is 2. The lowest BCUT2D eigenvalue weighted by atomic mass is 10.1. The van der Waals surface area contributed by atoms with Crippen molar-refractivity contribution in [2.75, 3.05) is 0 Å². The number of aromatic amines is 1. The number of amides is 1. The van der Waals surface area contributed by atoms with Gasteiger partial charge in [0.2, 0.25) is 0 Å². The van der Waals surface area contributed by atoms with Crippen LogP contribution in [0.2, 0.25) is 0 Å². The van der Waals surface area contributed by atoms with Gasteiger partial charge < -0.3 is 10.7 Å². The molecule has 0 saturated carbocycles. The number of H-pyrrole nitrogens is 1. The Morgan fingerprint density at radius 1 is 1.62 bits per heavy atom. The van der Waals surface area contributed by atoms with Gasteiger partial charge in [0.05, 0.1) is 11.7 Å². The third-order valence-electron chi connectivity index (χ3n) is 2.20. The summed E-state index contributed by atoms with van der Waals surface area (Å²) >= 11 is 0. The third kappa shape index (κ3) is 1.64. The van der Waals surface area contributed by atoms with E-state index in [4.69, 9.17) is 11.0 Å². The standard InChI is InChI=1S/C11H8N4O/c12-4-7(11(13)16)3-8-5-15-10-6-14-2-1-9(8)10/h1-3,5-6,15H,(H2,13,16)/b7-3+. The van der Waals surface area contributed by atoms with E-state index < -0.39 is 5.91 Å². The summed E-state index contributed by atoms with van der Waals surface area (Å²) in [6, 6.07) is 3.56. The molecule has 0 fully saturated rings. The number of rotatable bonds is 2. The zero-order chi connectivity index (χ0) is 11.5. The second-order valence-electron chi connectivity index (χ2n) is 3.20. The van der Waals surface area contributed by atoms with E-state index in [-0.39, 0.29) is 5.57 Å². The van der Waals surface area contributed by atoms with Gasteiger partial charge in [-0.25, -0.2) is 0 Å². The number of aromatic nitrogens is 2. The Kier molecular flexibility index (Phi) is 2.40. The Balaban J connectivity index is 2.57. The van der Waals surface area contributed by atoms with Crippen LogP contribution in [0.15, 0.2) is 30.2 Å². The molecule has 78 valence electrons. The van der Waals surface area contributed by atoms with Crippen molar-refractivity contribution in [1.29, 1.82) is 5.26 Å². The molecule has 1 amide bonds. The maximum absolute atomic E-state index is 10.9. The monoisotopic (exact) mass is 212 g/mol. The van der Waals surface area contributed by atoms with E-state index in [0.717, 1.165) is 16.5 Å². The van der Waals surface area contributed by atoms with Gasteiger partial charge in [-0.1, -0.05) is 0 Å². The summed E-state index contributed by atoms with van der Waals surface area (Å²) in [5, 5.41) is 9.62. The number of hydrogen-bond acceptors (Lipinski definition) is 3. The molecule has 2 aromatic rings. The largest absolute Gasteiger partial charge is 0.365 e. The molecule has 2 rings (SSSR count). The predicted octanol–water partition coefficient (Wildman–Crippen LogP) is 0.955. The molecule has 2 heterocycles. The number of fused-ring (bicyclic) bond motifs is 1. The second kappa shape index (κ2) is 3.87. The lowest BCUT2D eigenvalue weighted by Crippen LogP contribution is -2.12. The van der Waals surface area contributed by atoms with E-state index in [2.05, 4.69) is 9.97 Å². The van der Waals surface area contributed by atoms with E-state index in [1.807, 2.05) is 0 Å².